The van der Waals surface area contributed by atoms with E-state index < -0.39 is 5.82 Å². The van der Waals surface area contributed by atoms with Gasteiger partial charge in [0.05, 0.1) is 12.7 Å². The first-order valence-corrected chi connectivity index (χ1v) is 9.30. The Morgan fingerprint density at radius 3 is 3.00 bits per heavy atom. The Kier molecular flexibility index (Phi) is 8.91. The average Bonchev–Trinajstić information content (AvgIpc) is 3.15. The third-order valence-corrected chi connectivity index (χ3v) is 4.71. The fourth-order valence-corrected chi connectivity index (χ4v) is 3.26. The molecular formula is C20H27FIN5O. The summed E-state index contributed by atoms with van der Waals surface area (Å²) in [6.45, 7) is 5.47. The van der Waals surface area contributed by atoms with Crippen LogP contribution in [0.15, 0.2) is 47.7 Å². The quantitative estimate of drug-likeness (QED) is 0.347. The predicted molar refractivity (Wildman–Crippen MR) is 120 cm³/mol. The van der Waals surface area contributed by atoms with E-state index in [2.05, 4.69) is 27.1 Å². The van der Waals surface area contributed by atoms with Gasteiger partial charge in [-0.25, -0.2) is 9.38 Å². The summed E-state index contributed by atoms with van der Waals surface area (Å²) in [5.74, 6) is 0.586. The molecule has 0 radical (unpaired) electrons. The number of pyridine rings is 1. The number of halogens is 2. The average molecular weight is 499 g/mol. The topological polar surface area (TPSA) is 75.8 Å². The number of nitrogens with two attached hydrogens (primary N) is 1. The molecule has 0 spiro atoms. The number of rotatable bonds is 7. The largest absolute Gasteiger partial charge is 0.453 e. The summed E-state index contributed by atoms with van der Waals surface area (Å²) in [4.78, 5) is 10.7. The Bertz CT molecular complexity index is 774. The molecule has 2 heterocycles. The number of nitrogens with one attached hydrogen (secondary N) is 1. The van der Waals surface area contributed by atoms with Gasteiger partial charge in [0.2, 0.25) is 0 Å². The van der Waals surface area contributed by atoms with Gasteiger partial charge in [-0.3, -0.25) is 9.88 Å². The van der Waals surface area contributed by atoms with Crippen LogP contribution in [-0.2, 0) is 6.54 Å². The van der Waals surface area contributed by atoms with Crippen molar-refractivity contribution in [3.63, 3.8) is 0 Å². The fraction of sp³-hybridized carbons (Fsp3) is 0.400. The molecule has 1 fully saturated rings. The number of hydrogen-bond donors (Lipinski definition) is 2. The minimum absolute atomic E-state index is 0. The number of guanidine groups is 1. The molecule has 1 atom stereocenters. The first kappa shape index (κ1) is 22.4. The van der Waals surface area contributed by atoms with Crippen LogP contribution in [-0.4, -0.2) is 41.5 Å². The van der Waals surface area contributed by atoms with E-state index in [0.717, 1.165) is 25.2 Å². The van der Waals surface area contributed by atoms with Gasteiger partial charge in [0, 0.05) is 18.8 Å². The number of ether oxygens (including phenoxy) is 1. The highest BCUT2D eigenvalue weighted by Crippen LogP contribution is 2.24. The molecule has 1 saturated heterocycles. The molecule has 0 aliphatic carbocycles. The van der Waals surface area contributed by atoms with Gasteiger partial charge in [-0.2, -0.15) is 0 Å². The van der Waals surface area contributed by atoms with Crippen molar-refractivity contribution in [3.05, 3.63) is 54.1 Å². The van der Waals surface area contributed by atoms with E-state index >= 15 is 0 Å². The molecule has 1 unspecified atom stereocenters. The summed E-state index contributed by atoms with van der Waals surface area (Å²) in [5, 5.41) is 3.18. The van der Waals surface area contributed by atoms with E-state index in [-0.39, 0.29) is 29.7 Å². The second-order valence-corrected chi connectivity index (χ2v) is 6.56. The first-order valence-electron chi connectivity index (χ1n) is 9.30. The molecule has 0 saturated carbocycles. The minimum Gasteiger partial charge on any atom is -0.453 e. The van der Waals surface area contributed by atoms with E-state index in [9.17, 15) is 4.39 Å². The Hall–Kier alpha value is -1.94. The number of nitrogens with zero attached hydrogens (tertiary/aromatic N) is 3. The summed E-state index contributed by atoms with van der Waals surface area (Å²) in [5.41, 5.74) is 6.68. The number of aromatic nitrogens is 1. The lowest BCUT2D eigenvalue weighted by Gasteiger charge is -2.23. The molecule has 1 aromatic carbocycles. The number of likely N-dealkylation sites (tertiary alicyclic amines) is 1. The molecule has 2 aromatic rings. The molecule has 152 valence electrons. The number of hydrogen-bond acceptors (Lipinski definition) is 4. The minimum atomic E-state index is -0.442. The lowest BCUT2D eigenvalue weighted by atomic mass is 10.2. The molecule has 1 aromatic heterocycles. The Labute approximate surface area is 182 Å². The molecule has 1 aliphatic heterocycles. The highest BCUT2D eigenvalue weighted by Gasteiger charge is 2.22. The highest BCUT2D eigenvalue weighted by atomic mass is 127. The second kappa shape index (κ2) is 11.2. The smallest absolute Gasteiger partial charge is 0.188 e. The van der Waals surface area contributed by atoms with Crippen LogP contribution >= 0.6 is 24.0 Å². The molecule has 3 rings (SSSR count). The zero-order valence-electron chi connectivity index (χ0n) is 16.0. The van der Waals surface area contributed by atoms with Gasteiger partial charge in [-0.1, -0.05) is 13.0 Å². The van der Waals surface area contributed by atoms with Crippen LogP contribution in [0.1, 0.15) is 25.3 Å². The second-order valence-electron chi connectivity index (χ2n) is 6.56. The van der Waals surface area contributed by atoms with Crippen molar-refractivity contribution in [1.82, 2.24) is 15.2 Å². The van der Waals surface area contributed by atoms with Crippen molar-refractivity contribution >= 4 is 29.9 Å². The van der Waals surface area contributed by atoms with Gasteiger partial charge >= 0.3 is 0 Å². The van der Waals surface area contributed by atoms with Crippen molar-refractivity contribution in [2.75, 3.05) is 19.6 Å². The standard InChI is InChI=1S/C20H26FN5O.HI/c1-2-26-10-4-5-16(26)13-25-20(22)24-12-15-7-8-19(18(21)11-15)27-17-6-3-9-23-14-17;/h3,6-9,11,14,16H,2,4-5,10,12-13H2,1H3,(H3,22,24,25);1H. The van der Waals surface area contributed by atoms with Crippen molar-refractivity contribution in [3.8, 4) is 11.5 Å². The van der Waals surface area contributed by atoms with Crippen LogP contribution in [0.25, 0.3) is 0 Å². The summed E-state index contributed by atoms with van der Waals surface area (Å²) >= 11 is 0. The van der Waals surface area contributed by atoms with Gasteiger partial charge in [0.1, 0.15) is 5.75 Å². The van der Waals surface area contributed by atoms with Crippen molar-refractivity contribution in [2.45, 2.75) is 32.4 Å². The lowest BCUT2D eigenvalue weighted by molar-refractivity contribution is 0.267. The Balaban J connectivity index is 0.00000280. The summed E-state index contributed by atoms with van der Waals surface area (Å²) in [6.07, 6.45) is 5.57. The fourth-order valence-electron chi connectivity index (χ4n) is 3.26. The van der Waals surface area contributed by atoms with Gasteiger partial charge in [0.25, 0.3) is 0 Å². The van der Waals surface area contributed by atoms with Gasteiger partial charge in [0.15, 0.2) is 17.5 Å². The lowest BCUT2D eigenvalue weighted by Crippen LogP contribution is -2.42. The van der Waals surface area contributed by atoms with Crippen LogP contribution < -0.4 is 15.8 Å². The summed E-state index contributed by atoms with van der Waals surface area (Å²) in [7, 11) is 0. The SMILES string of the molecule is CCN1CCCC1CNC(N)=NCc1ccc(Oc2cccnc2)c(F)c1.I. The van der Waals surface area contributed by atoms with Gasteiger partial charge in [-0.05, 0) is 55.8 Å². The third-order valence-electron chi connectivity index (χ3n) is 4.71. The van der Waals surface area contributed by atoms with E-state index in [4.69, 9.17) is 10.5 Å². The third kappa shape index (κ3) is 6.30. The van der Waals surface area contributed by atoms with Crippen LogP contribution in [0, 0.1) is 5.82 Å². The molecule has 8 heteroatoms. The summed E-state index contributed by atoms with van der Waals surface area (Å²) < 4.78 is 19.7. The van der Waals surface area contributed by atoms with Gasteiger partial charge < -0.3 is 15.8 Å². The van der Waals surface area contributed by atoms with Crippen LogP contribution in [0.2, 0.25) is 0 Å². The van der Waals surface area contributed by atoms with Crippen molar-refractivity contribution in [1.29, 1.82) is 0 Å². The Morgan fingerprint density at radius 1 is 1.43 bits per heavy atom. The zero-order valence-corrected chi connectivity index (χ0v) is 18.3. The van der Waals surface area contributed by atoms with Crippen molar-refractivity contribution in [2.24, 2.45) is 10.7 Å². The van der Waals surface area contributed by atoms with E-state index in [0.29, 0.717) is 24.3 Å². The first-order chi connectivity index (χ1) is 13.2. The number of benzene rings is 1. The summed E-state index contributed by atoms with van der Waals surface area (Å²) in [6, 6.07) is 8.75. The molecule has 0 amide bonds. The normalized spacial score (nSPS) is 17.2. The zero-order chi connectivity index (χ0) is 19.1. The monoisotopic (exact) mass is 499 g/mol. The molecule has 3 N–H and O–H groups in total. The Morgan fingerprint density at radius 2 is 2.29 bits per heavy atom. The maximum absolute atomic E-state index is 14.2. The molecule has 1 aliphatic rings. The number of likely N-dealkylation sites (N-methyl/N-ethyl adjacent to an activating group) is 1. The number of aliphatic imine (C=N–C) groups is 1. The van der Waals surface area contributed by atoms with Crippen molar-refractivity contribution < 1.29 is 9.13 Å². The maximum Gasteiger partial charge on any atom is 0.188 e. The van der Waals surface area contributed by atoms with Crippen LogP contribution in [0.4, 0.5) is 4.39 Å². The van der Waals surface area contributed by atoms with E-state index in [1.807, 2.05) is 0 Å². The maximum atomic E-state index is 14.2. The van der Waals surface area contributed by atoms with Crippen LogP contribution in [0.5, 0.6) is 11.5 Å². The molecule has 28 heavy (non-hydrogen) atoms. The molecule has 6 nitrogen and oxygen atoms in total. The van der Waals surface area contributed by atoms with Gasteiger partial charge in [-0.15, -0.1) is 24.0 Å². The predicted octanol–water partition coefficient (Wildman–Crippen LogP) is 3.52. The molecular weight excluding hydrogens is 472 g/mol. The van der Waals surface area contributed by atoms with E-state index in [1.165, 1.54) is 25.1 Å². The van der Waals surface area contributed by atoms with E-state index in [1.54, 1.807) is 30.5 Å². The van der Waals surface area contributed by atoms with Crippen LogP contribution in [0.3, 0.4) is 0 Å². The highest BCUT2D eigenvalue weighted by molar-refractivity contribution is 14.0. The molecule has 0 bridgehead atoms.